The molecule has 0 saturated carbocycles. The quantitative estimate of drug-likeness (QED) is 0.790. The number of hydrogen-bond acceptors (Lipinski definition) is 4. The van der Waals surface area contributed by atoms with Gasteiger partial charge >= 0.3 is 0 Å². The van der Waals surface area contributed by atoms with E-state index in [-0.39, 0.29) is 0 Å². The average Bonchev–Trinajstić information content (AvgIpc) is 2.17. The number of thiocarbonyl (C=S) groups is 1. The number of thioether (sulfide) groups is 1. The van der Waals surface area contributed by atoms with E-state index >= 15 is 0 Å². The van der Waals surface area contributed by atoms with Crippen LogP contribution in [0.1, 0.15) is 18.2 Å². The van der Waals surface area contributed by atoms with Crippen LogP contribution >= 0.6 is 24.0 Å². The van der Waals surface area contributed by atoms with E-state index in [9.17, 15) is 0 Å². The van der Waals surface area contributed by atoms with E-state index in [4.69, 9.17) is 18.0 Å². The van der Waals surface area contributed by atoms with Crippen LogP contribution in [0.25, 0.3) is 0 Å². The number of rotatable bonds is 5. The lowest BCUT2D eigenvalue weighted by Crippen LogP contribution is -2.22. The summed E-state index contributed by atoms with van der Waals surface area (Å²) in [5.41, 5.74) is 7.43. The molecule has 0 bridgehead atoms. The molecule has 0 aliphatic rings. The van der Waals surface area contributed by atoms with E-state index < -0.39 is 0 Å². The van der Waals surface area contributed by atoms with Crippen LogP contribution in [0.4, 0.5) is 5.82 Å². The molecular weight excluding hydrogens is 238 g/mol. The minimum absolute atomic E-state index is 0.345. The molecule has 0 radical (unpaired) electrons. The summed E-state index contributed by atoms with van der Waals surface area (Å²) < 4.78 is 0. The molecule has 0 fully saturated rings. The number of pyridine rings is 1. The van der Waals surface area contributed by atoms with Gasteiger partial charge in [0.15, 0.2) is 0 Å². The van der Waals surface area contributed by atoms with Gasteiger partial charge in [0.1, 0.15) is 10.8 Å². The van der Waals surface area contributed by atoms with Gasteiger partial charge in [-0.3, -0.25) is 0 Å². The van der Waals surface area contributed by atoms with Gasteiger partial charge in [0.25, 0.3) is 0 Å². The lowest BCUT2D eigenvalue weighted by atomic mass is 10.2. The maximum atomic E-state index is 5.66. The normalized spacial score (nSPS) is 12.2. The van der Waals surface area contributed by atoms with Crippen LogP contribution in [0, 0.1) is 6.92 Å². The number of nitrogens with one attached hydrogen (secondary N) is 1. The topological polar surface area (TPSA) is 50.9 Å². The fourth-order valence-corrected chi connectivity index (χ4v) is 2.14. The monoisotopic (exact) mass is 255 g/mol. The van der Waals surface area contributed by atoms with Crippen molar-refractivity contribution in [2.45, 2.75) is 19.9 Å². The number of nitrogens with zero attached hydrogens (tertiary/aromatic N) is 1. The second-order valence-corrected chi connectivity index (χ2v) is 5.06. The van der Waals surface area contributed by atoms with Crippen LogP contribution in [0.3, 0.4) is 0 Å². The molecule has 0 aliphatic carbocycles. The molecule has 16 heavy (non-hydrogen) atoms. The van der Waals surface area contributed by atoms with Crippen LogP contribution < -0.4 is 11.1 Å². The standard InChI is InChI=1S/C11H17N3S2/c1-7-4-5-9(10(12)15)11(13-7)14-8(2)6-16-3/h4-5,8H,6H2,1-3H3,(H2,12,15)(H,13,14). The molecule has 1 atom stereocenters. The third-order valence-electron chi connectivity index (χ3n) is 2.10. The van der Waals surface area contributed by atoms with Crippen molar-refractivity contribution in [1.82, 2.24) is 4.98 Å². The van der Waals surface area contributed by atoms with Crippen molar-refractivity contribution in [2.24, 2.45) is 5.73 Å². The van der Waals surface area contributed by atoms with Crippen molar-refractivity contribution < 1.29 is 0 Å². The van der Waals surface area contributed by atoms with Crippen molar-refractivity contribution in [1.29, 1.82) is 0 Å². The Kier molecular flexibility index (Phi) is 5.02. The smallest absolute Gasteiger partial charge is 0.136 e. The van der Waals surface area contributed by atoms with Gasteiger partial charge in [-0.05, 0) is 32.2 Å². The minimum atomic E-state index is 0.345. The molecular formula is C11H17N3S2. The van der Waals surface area contributed by atoms with E-state index in [2.05, 4.69) is 23.5 Å². The number of aryl methyl sites for hydroxylation is 1. The molecule has 0 aromatic carbocycles. The first-order valence-corrected chi connectivity index (χ1v) is 6.87. The zero-order chi connectivity index (χ0) is 12.1. The lowest BCUT2D eigenvalue weighted by molar-refractivity contribution is 0.899. The highest BCUT2D eigenvalue weighted by molar-refractivity contribution is 7.98. The number of nitrogens with two attached hydrogens (primary N) is 1. The van der Waals surface area contributed by atoms with Gasteiger partial charge < -0.3 is 11.1 Å². The number of hydrogen-bond donors (Lipinski definition) is 2. The van der Waals surface area contributed by atoms with E-state index in [1.165, 1.54) is 0 Å². The summed E-state index contributed by atoms with van der Waals surface area (Å²) in [6.07, 6.45) is 2.08. The van der Waals surface area contributed by atoms with Crippen LogP contribution in [0.5, 0.6) is 0 Å². The highest BCUT2D eigenvalue weighted by Gasteiger charge is 2.09. The molecule has 0 saturated heterocycles. The van der Waals surface area contributed by atoms with Crippen molar-refractivity contribution in [3.05, 3.63) is 23.4 Å². The summed E-state index contributed by atoms with van der Waals surface area (Å²) in [6, 6.07) is 4.18. The maximum absolute atomic E-state index is 5.66. The Morgan fingerprint density at radius 2 is 2.31 bits per heavy atom. The Labute approximate surface area is 106 Å². The second-order valence-electron chi connectivity index (χ2n) is 3.71. The molecule has 1 rings (SSSR count). The van der Waals surface area contributed by atoms with Gasteiger partial charge in [0.05, 0.1) is 5.56 Å². The summed E-state index contributed by atoms with van der Waals surface area (Å²) in [5, 5.41) is 3.33. The Balaban J connectivity index is 2.92. The van der Waals surface area contributed by atoms with Crippen molar-refractivity contribution in [3.8, 4) is 0 Å². The van der Waals surface area contributed by atoms with Crippen LogP contribution in [-0.2, 0) is 0 Å². The van der Waals surface area contributed by atoms with Gasteiger partial charge in [-0.15, -0.1) is 0 Å². The molecule has 3 N–H and O–H groups in total. The summed E-state index contributed by atoms with van der Waals surface area (Å²) >= 11 is 6.80. The van der Waals surface area contributed by atoms with E-state index in [1.807, 2.05) is 19.1 Å². The lowest BCUT2D eigenvalue weighted by Gasteiger charge is -2.16. The summed E-state index contributed by atoms with van der Waals surface area (Å²) in [5.74, 6) is 1.81. The first kappa shape index (κ1) is 13.3. The van der Waals surface area contributed by atoms with Crippen molar-refractivity contribution in [2.75, 3.05) is 17.3 Å². The molecule has 1 aromatic heterocycles. The highest BCUT2D eigenvalue weighted by Crippen LogP contribution is 2.15. The van der Waals surface area contributed by atoms with Gasteiger partial charge in [0.2, 0.25) is 0 Å². The van der Waals surface area contributed by atoms with Crippen LogP contribution in [0.2, 0.25) is 0 Å². The van der Waals surface area contributed by atoms with Crippen molar-refractivity contribution in [3.63, 3.8) is 0 Å². The summed E-state index contributed by atoms with van der Waals surface area (Å²) in [6.45, 7) is 4.07. The number of anilines is 1. The molecule has 88 valence electrons. The minimum Gasteiger partial charge on any atom is -0.389 e. The van der Waals surface area contributed by atoms with E-state index in [1.54, 1.807) is 11.8 Å². The Bertz CT molecular complexity index is 379. The Morgan fingerprint density at radius 1 is 1.62 bits per heavy atom. The molecule has 0 aliphatic heterocycles. The number of aromatic nitrogens is 1. The SMILES string of the molecule is CSCC(C)Nc1nc(C)ccc1C(N)=S. The molecule has 5 heteroatoms. The van der Waals surface area contributed by atoms with Gasteiger partial charge in [-0.25, -0.2) is 4.98 Å². The zero-order valence-corrected chi connectivity index (χ0v) is 11.4. The highest BCUT2D eigenvalue weighted by atomic mass is 32.2. The molecule has 3 nitrogen and oxygen atoms in total. The van der Waals surface area contributed by atoms with Gasteiger partial charge in [0, 0.05) is 17.5 Å². The van der Waals surface area contributed by atoms with Crippen LogP contribution in [0.15, 0.2) is 12.1 Å². The largest absolute Gasteiger partial charge is 0.389 e. The fraction of sp³-hybridized carbons (Fsp3) is 0.455. The first-order chi connectivity index (χ1) is 7.54. The van der Waals surface area contributed by atoms with Gasteiger partial charge in [-0.1, -0.05) is 12.2 Å². The molecule has 0 spiro atoms. The predicted octanol–water partition coefficient (Wildman–Crippen LogP) is 2.19. The fourth-order valence-electron chi connectivity index (χ4n) is 1.39. The average molecular weight is 255 g/mol. The Morgan fingerprint density at radius 3 is 2.88 bits per heavy atom. The predicted molar refractivity (Wildman–Crippen MR) is 76.3 cm³/mol. The first-order valence-electron chi connectivity index (χ1n) is 5.07. The molecule has 0 amide bonds. The Hall–Kier alpha value is -0.810. The second kappa shape index (κ2) is 6.06. The third-order valence-corrected chi connectivity index (χ3v) is 3.15. The van der Waals surface area contributed by atoms with Crippen molar-refractivity contribution >= 4 is 34.8 Å². The zero-order valence-electron chi connectivity index (χ0n) is 9.78. The molecule has 1 unspecified atom stereocenters. The summed E-state index contributed by atoms with van der Waals surface area (Å²) in [4.78, 5) is 4.81. The van der Waals surface area contributed by atoms with Gasteiger partial charge in [-0.2, -0.15) is 11.8 Å². The molecule has 1 heterocycles. The van der Waals surface area contributed by atoms with Crippen LogP contribution in [-0.4, -0.2) is 28.0 Å². The third kappa shape index (κ3) is 3.64. The van der Waals surface area contributed by atoms with E-state index in [0.717, 1.165) is 22.8 Å². The maximum Gasteiger partial charge on any atom is 0.136 e. The summed E-state index contributed by atoms with van der Waals surface area (Å²) in [7, 11) is 0. The molecule has 1 aromatic rings. The van der Waals surface area contributed by atoms with E-state index in [0.29, 0.717) is 11.0 Å².